The summed E-state index contributed by atoms with van der Waals surface area (Å²) in [5, 5.41) is 10.6. The van der Waals surface area contributed by atoms with Crippen molar-refractivity contribution < 1.29 is 9.53 Å². The summed E-state index contributed by atoms with van der Waals surface area (Å²) in [6, 6.07) is 14.6. The van der Waals surface area contributed by atoms with Crippen molar-refractivity contribution in [2.75, 3.05) is 7.05 Å². The number of carbonyl (C=O) groups is 1. The molecule has 0 spiro atoms. The van der Waals surface area contributed by atoms with Crippen molar-refractivity contribution in [3.63, 3.8) is 0 Å². The van der Waals surface area contributed by atoms with Crippen molar-refractivity contribution in [2.45, 2.75) is 6.92 Å². The lowest BCUT2D eigenvalue weighted by atomic mass is 10.2. The van der Waals surface area contributed by atoms with Gasteiger partial charge < -0.3 is 10.1 Å². The molecule has 0 saturated carbocycles. The predicted octanol–water partition coefficient (Wildman–Crippen LogP) is 4.13. The van der Waals surface area contributed by atoms with Gasteiger partial charge in [0.25, 0.3) is 0 Å². The Labute approximate surface area is 117 Å². The Kier molecular flexibility index (Phi) is 4.44. The van der Waals surface area contributed by atoms with Gasteiger partial charge in [0, 0.05) is 7.05 Å². The first kappa shape index (κ1) is 13.7. The molecular weight excluding hydrogens is 254 g/mol. The molecule has 2 aromatic carbocycles. The third-order valence-corrected chi connectivity index (χ3v) is 2.57. The minimum atomic E-state index is -0.501. The van der Waals surface area contributed by atoms with Crippen LogP contribution in [0.4, 0.5) is 16.2 Å². The molecule has 0 aliphatic rings. The Hall–Kier alpha value is -2.69. The number of amides is 1. The summed E-state index contributed by atoms with van der Waals surface area (Å²) in [7, 11) is 1.51. The Bertz CT molecular complexity index is 604. The quantitative estimate of drug-likeness (QED) is 0.851. The van der Waals surface area contributed by atoms with E-state index in [4.69, 9.17) is 4.74 Å². The summed E-state index contributed by atoms with van der Waals surface area (Å²) in [6.45, 7) is 2.02. The third kappa shape index (κ3) is 3.91. The van der Waals surface area contributed by atoms with Gasteiger partial charge in [-0.15, -0.1) is 0 Å². The average molecular weight is 269 g/mol. The fraction of sp³-hybridized carbons (Fsp3) is 0.133. The molecule has 0 heterocycles. The Balaban J connectivity index is 2.03. The molecule has 0 radical (unpaired) electrons. The van der Waals surface area contributed by atoms with E-state index in [2.05, 4.69) is 15.5 Å². The molecule has 1 N–H and O–H groups in total. The third-order valence-electron chi connectivity index (χ3n) is 2.57. The number of aryl methyl sites for hydroxylation is 1. The summed E-state index contributed by atoms with van der Waals surface area (Å²) in [5.74, 6) is 0.457. The van der Waals surface area contributed by atoms with Crippen LogP contribution in [0, 0.1) is 6.92 Å². The van der Waals surface area contributed by atoms with Crippen LogP contribution in [0.2, 0.25) is 0 Å². The molecule has 0 aromatic heterocycles. The van der Waals surface area contributed by atoms with Crippen LogP contribution in [0.3, 0.4) is 0 Å². The smallest absolute Gasteiger partial charge is 0.410 e. The van der Waals surface area contributed by atoms with Crippen LogP contribution < -0.4 is 10.1 Å². The zero-order valence-corrected chi connectivity index (χ0v) is 11.3. The van der Waals surface area contributed by atoms with Crippen molar-refractivity contribution in [3.05, 3.63) is 54.1 Å². The first-order valence-corrected chi connectivity index (χ1v) is 6.15. The maximum Gasteiger partial charge on any atom is 0.412 e. The highest BCUT2D eigenvalue weighted by Gasteiger charge is 2.00. The van der Waals surface area contributed by atoms with E-state index >= 15 is 0 Å². The van der Waals surface area contributed by atoms with Crippen LogP contribution in [-0.4, -0.2) is 13.1 Å². The van der Waals surface area contributed by atoms with Gasteiger partial charge in [-0.2, -0.15) is 10.2 Å². The maximum atomic E-state index is 11.0. The molecule has 20 heavy (non-hydrogen) atoms. The second-order valence-electron chi connectivity index (χ2n) is 4.17. The van der Waals surface area contributed by atoms with Crippen LogP contribution in [-0.2, 0) is 0 Å². The zero-order chi connectivity index (χ0) is 14.4. The van der Waals surface area contributed by atoms with Crippen LogP contribution in [0.15, 0.2) is 58.8 Å². The van der Waals surface area contributed by atoms with Gasteiger partial charge in [-0.25, -0.2) is 4.79 Å². The van der Waals surface area contributed by atoms with Gasteiger partial charge in [0.2, 0.25) is 0 Å². The van der Waals surface area contributed by atoms with Gasteiger partial charge in [0.15, 0.2) is 0 Å². The van der Waals surface area contributed by atoms with Gasteiger partial charge in [-0.1, -0.05) is 17.7 Å². The number of benzene rings is 2. The Morgan fingerprint density at radius 2 is 1.45 bits per heavy atom. The van der Waals surface area contributed by atoms with Crippen LogP contribution in [0.5, 0.6) is 5.75 Å². The fourth-order valence-corrected chi connectivity index (χ4v) is 1.47. The highest BCUT2D eigenvalue weighted by Crippen LogP contribution is 2.21. The molecule has 0 fully saturated rings. The minimum absolute atomic E-state index is 0.457. The van der Waals surface area contributed by atoms with E-state index in [-0.39, 0.29) is 0 Å². The van der Waals surface area contributed by atoms with E-state index in [1.54, 1.807) is 24.3 Å². The first-order valence-electron chi connectivity index (χ1n) is 6.15. The van der Waals surface area contributed by atoms with Crippen molar-refractivity contribution in [3.8, 4) is 5.75 Å². The number of azo groups is 1. The largest absolute Gasteiger partial charge is 0.412 e. The molecule has 0 aliphatic carbocycles. The molecule has 0 saturated heterocycles. The molecule has 5 nitrogen and oxygen atoms in total. The number of rotatable bonds is 3. The molecule has 2 aromatic rings. The molecule has 0 atom stereocenters. The molecule has 0 unspecified atom stereocenters. The van der Waals surface area contributed by atoms with Crippen LogP contribution >= 0.6 is 0 Å². The zero-order valence-electron chi connectivity index (χ0n) is 11.3. The normalized spacial score (nSPS) is 10.5. The fourth-order valence-electron chi connectivity index (χ4n) is 1.47. The van der Waals surface area contributed by atoms with Gasteiger partial charge >= 0.3 is 6.09 Å². The van der Waals surface area contributed by atoms with Gasteiger partial charge in [-0.3, -0.25) is 0 Å². The molecule has 2 rings (SSSR count). The van der Waals surface area contributed by atoms with E-state index in [0.717, 1.165) is 5.69 Å². The second kappa shape index (κ2) is 6.47. The topological polar surface area (TPSA) is 63.0 Å². The van der Waals surface area contributed by atoms with E-state index < -0.39 is 6.09 Å². The maximum absolute atomic E-state index is 11.0. The summed E-state index contributed by atoms with van der Waals surface area (Å²) in [4.78, 5) is 11.0. The minimum Gasteiger partial charge on any atom is -0.410 e. The lowest BCUT2D eigenvalue weighted by molar-refractivity contribution is 0.203. The lowest BCUT2D eigenvalue weighted by Gasteiger charge is -2.02. The van der Waals surface area contributed by atoms with Crippen molar-refractivity contribution in [1.29, 1.82) is 0 Å². The Morgan fingerprint density at radius 1 is 0.950 bits per heavy atom. The molecule has 1 amide bonds. The van der Waals surface area contributed by atoms with E-state index in [9.17, 15) is 4.79 Å². The van der Waals surface area contributed by atoms with Gasteiger partial charge in [-0.05, 0) is 43.3 Å². The van der Waals surface area contributed by atoms with Crippen molar-refractivity contribution >= 4 is 17.5 Å². The summed E-state index contributed by atoms with van der Waals surface area (Å²) in [6.07, 6.45) is -0.501. The second-order valence-corrected chi connectivity index (χ2v) is 4.17. The molecule has 0 bridgehead atoms. The summed E-state index contributed by atoms with van der Waals surface area (Å²) >= 11 is 0. The standard InChI is InChI=1S/C15H15N3O2/c1-11-3-5-12(6-4-11)17-18-13-7-9-14(10-8-13)20-15(19)16-2/h3-10H,1-2H3,(H,16,19). The number of hydrogen-bond donors (Lipinski definition) is 1. The number of hydrogen-bond acceptors (Lipinski definition) is 4. The summed E-state index contributed by atoms with van der Waals surface area (Å²) < 4.78 is 4.97. The molecule has 102 valence electrons. The highest BCUT2D eigenvalue weighted by molar-refractivity contribution is 5.70. The van der Waals surface area contributed by atoms with Crippen LogP contribution in [0.1, 0.15) is 5.56 Å². The van der Waals surface area contributed by atoms with E-state index in [1.807, 2.05) is 31.2 Å². The number of nitrogens with zero attached hydrogens (tertiary/aromatic N) is 2. The van der Waals surface area contributed by atoms with E-state index in [1.165, 1.54) is 12.6 Å². The highest BCUT2D eigenvalue weighted by atomic mass is 16.5. The molecule has 5 heteroatoms. The number of carbonyl (C=O) groups excluding carboxylic acids is 1. The number of ether oxygens (including phenoxy) is 1. The lowest BCUT2D eigenvalue weighted by Crippen LogP contribution is -2.21. The van der Waals surface area contributed by atoms with Gasteiger partial charge in [0.1, 0.15) is 5.75 Å². The average Bonchev–Trinajstić information content (AvgIpc) is 2.48. The monoisotopic (exact) mass is 269 g/mol. The Morgan fingerprint density at radius 3 is 1.95 bits per heavy atom. The molecular formula is C15H15N3O2. The SMILES string of the molecule is CNC(=O)Oc1ccc(N=Nc2ccc(C)cc2)cc1. The van der Waals surface area contributed by atoms with E-state index in [0.29, 0.717) is 11.4 Å². The van der Waals surface area contributed by atoms with Crippen molar-refractivity contribution in [1.82, 2.24) is 5.32 Å². The summed E-state index contributed by atoms with van der Waals surface area (Å²) in [5.41, 5.74) is 2.66. The first-order chi connectivity index (χ1) is 9.67. The van der Waals surface area contributed by atoms with Crippen molar-refractivity contribution in [2.24, 2.45) is 10.2 Å². The van der Waals surface area contributed by atoms with Gasteiger partial charge in [0.05, 0.1) is 11.4 Å². The van der Waals surface area contributed by atoms with Crippen LogP contribution in [0.25, 0.3) is 0 Å². The molecule has 0 aliphatic heterocycles. The number of nitrogens with one attached hydrogen (secondary N) is 1. The predicted molar refractivity (Wildman–Crippen MR) is 76.9 cm³/mol.